The molecule has 7 heteroatoms. The highest BCUT2D eigenvalue weighted by Crippen LogP contribution is 2.06. The van der Waals surface area contributed by atoms with Crippen molar-refractivity contribution < 1.29 is 9.59 Å². The van der Waals surface area contributed by atoms with Crippen LogP contribution in [0.2, 0.25) is 0 Å². The van der Waals surface area contributed by atoms with Gasteiger partial charge in [0.2, 0.25) is 5.91 Å². The number of hydrogen-bond acceptors (Lipinski definition) is 4. The predicted molar refractivity (Wildman–Crippen MR) is 110 cm³/mol. The topological polar surface area (TPSA) is 84.3 Å². The lowest BCUT2D eigenvalue weighted by molar-refractivity contribution is -0.121. The van der Waals surface area contributed by atoms with Gasteiger partial charge in [0, 0.05) is 25.2 Å². The Hall–Kier alpha value is -3.92. The summed E-state index contributed by atoms with van der Waals surface area (Å²) >= 11 is 0. The van der Waals surface area contributed by atoms with Crippen LogP contribution in [0.3, 0.4) is 0 Å². The molecule has 146 valence electrons. The summed E-state index contributed by atoms with van der Waals surface area (Å²) < 4.78 is 1.27. The lowest BCUT2D eigenvalue weighted by atomic mass is 10.1. The van der Waals surface area contributed by atoms with Gasteiger partial charge in [0.15, 0.2) is 0 Å². The van der Waals surface area contributed by atoms with Crippen molar-refractivity contribution in [2.75, 3.05) is 20.6 Å². The van der Waals surface area contributed by atoms with Crippen molar-refractivity contribution >= 4 is 22.7 Å². The van der Waals surface area contributed by atoms with Crippen LogP contribution < -0.4 is 10.9 Å². The molecule has 0 spiro atoms. The Morgan fingerprint density at radius 1 is 1.10 bits per heavy atom. The number of nitrogens with zero attached hydrogens (tertiary/aromatic N) is 3. The van der Waals surface area contributed by atoms with Crippen LogP contribution in [0.4, 0.5) is 0 Å². The van der Waals surface area contributed by atoms with Crippen molar-refractivity contribution in [2.45, 2.75) is 6.54 Å². The van der Waals surface area contributed by atoms with E-state index in [1.54, 1.807) is 62.6 Å². The highest BCUT2D eigenvalue weighted by atomic mass is 16.2. The van der Waals surface area contributed by atoms with E-state index >= 15 is 0 Å². The highest BCUT2D eigenvalue weighted by Gasteiger charge is 2.08. The maximum atomic E-state index is 12.4. The van der Waals surface area contributed by atoms with Crippen molar-refractivity contribution in [3.05, 3.63) is 76.3 Å². The minimum Gasteiger partial charge on any atom is -0.345 e. The molecule has 0 atom stereocenters. The summed E-state index contributed by atoms with van der Waals surface area (Å²) in [6.07, 6.45) is 1.37. The van der Waals surface area contributed by atoms with Gasteiger partial charge in [0.1, 0.15) is 6.54 Å². The Labute approximate surface area is 168 Å². The molecule has 0 saturated heterocycles. The van der Waals surface area contributed by atoms with E-state index in [0.29, 0.717) is 16.5 Å². The molecule has 0 unspecified atom stereocenters. The van der Waals surface area contributed by atoms with Crippen molar-refractivity contribution in [1.82, 2.24) is 19.8 Å². The average molecular weight is 388 g/mol. The van der Waals surface area contributed by atoms with E-state index in [9.17, 15) is 14.4 Å². The zero-order chi connectivity index (χ0) is 20.8. The van der Waals surface area contributed by atoms with Crippen LogP contribution in [0.15, 0.2) is 59.7 Å². The van der Waals surface area contributed by atoms with E-state index in [1.807, 2.05) is 0 Å². The summed E-state index contributed by atoms with van der Waals surface area (Å²) in [5.41, 5.74) is 1.66. The standard InChI is InChI=1S/C22H20N4O3/c1-25(2)21(28)17-11-9-16(10-12-17)6-5-13-23-20(27)14-26-15-24-19-8-4-3-7-18(19)22(26)29/h3-4,7-12,15H,13-14H2,1-2H3,(H,23,27). The first-order valence-electron chi connectivity index (χ1n) is 8.97. The van der Waals surface area contributed by atoms with Gasteiger partial charge in [-0.25, -0.2) is 4.98 Å². The number of para-hydroxylation sites is 1. The predicted octanol–water partition coefficient (Wildman–Crippen LogP) is 1.27. The van der Waals surface area contributed by atoms with Gasteiger partial charge in [-0.05, 0) is 36.4 Å². The first-order chi connectivity index (χ1) is 14.0. The van der Waals surface area contributed by atoms with E-state index in [-0.39, 0.29) is 30.5 Å². The molecule has 3 aromatic rings. The molecule has 0 saturated carbocycles. The molecular weight excluding hydrogens is 368 g/mol. The number of rotatable bonds is 4. The van der Waals surface area contributed by atoms with Gasteiger partial charge in [-0.15, -0.1) is 0 Å². The summed E-state index contributed by atoms with van der Waals surface area (Å²) in [6, 6.07) is 13.9. The molecule has 0 aliphatic heterocycles. The molecule has 2 amide bonds. The minimum atomic E-state index is -0.328. The molecule has 2 aromatic carbocycles. The van der Waals surface area contributed by atoms with Crippen molar-refractivity contribution in [3.63, 3.8) is 0 Å². The van der Waals surface area contributed by atoms with E-state index in [2.05, 4.69) is 22.1 Å². The summed E-state index contributed by atoms with van der Waals surface area (Å²) in [4.78, 5) is 42.0. The maximum absolute atomic E-state index is 12.4. The molecule has 0 radical (unpaired) electrons. The summed E-state index contributed by atoms with van der Waals surface area (Å²) in [7, 11) is 3.39. The monoisotopic (exact) mass is 388 g/mol. The van der Waals surface area contributed by atoms with Crippen molar-refractivity contribution in [1.29, 1.82) is 0 Å². The molecule has 1 aromatic heterocycles. The van der Waals surface area contributed by atoms with Crippen LogP contribution in [-0.4, -0.2) is 46.9 Å². The number of aromatic nitrogens is 2. The third-order valence-corrected chi connectivity index (χ3v) is 4.19. The SMILES string of the molecule is CN(C)C(=O)c1ccc(C#CCNC(=O)Cn2cnc3ccccc3c2=O)cc1. The zero-order valence-electron chi connectivity index (χ0n) is 16.2. The summed E-state index contributed by atoms with van der Waals surface area (Å²) in [6.45, 7) is 0.0205. The largest absolute Gasteiger partial charge is 0.345 e. The van der Waals surface area contributed by atoms with Gasteiger partial charge < -0.3 is 10.2 Å². The van der Waals surface area contributed by atoms with Crippen molar-refractivity contribution in [2.24, 2.45) is 0 Å². The Morgan fingerprint density at radius 3 is 2.55 bits per heavy atom. The van der Waals surface area contributed by atoms with Crippen molar-refractivity contribution in [3.8, 4) is 11.8 Å². The fourth-order valence-corrected chi connectivity index (χ4v) is 2.67. The van der Waals surface area contributed by atoms with E-state index in [1.165, 1.54) is 15.8 Å². The van der Waals surface area contributed by atoms with Gasteiger partial charge in [-0.2, -0.15) is 0 Å². The second-order valence-electron chi connectivity index (χ2n) is 6.55. The minimum absolute atomic E-state index is 0.0739. The van der Waals surface area contributed by atoms with Crippen LogP contribution in [-0.2, 0) is 11.3 Å². The first kappa shape index (κ1) is 19.8. The highest BCUT2D eigenvalue weighted by molar-refractivity contribution is 5.93. The number of amides is 2. The average Bonchev–Trinajstić information content (AvgIpc) is 2.73. The van der Waals surface area contributed by atoms with Crippen LogP contribution in [0, 0.1) is 11.8 Å². The second kappa shape index (κ2) is 8.85. The third kappa shape index (κ3) is 4.87. The van der Waals surface area contributed by atoms with E-state index < -0.39 is 0 Å². The Kier molecular flexibility index (Phi) is 6.05. The zero-order valence-corrected chi connectivity index (χ0v) is 16.2. The van der Waals surface area contributed by atoms with Gasteiger partial charge in [-0.1, -0.05) is 24.0 Å². The maximum Gasteiger partial charge on any atom is 0.261 e. The van der Waals surface area contributed by atoms with Gasteiger partial charge in [0.05, 0.1) is 23.8 Å². The van der Waals surface area contributed by atoms with Crippen LogP contribution in [0.1, 0.15) is 15.9 Å². The van der Waals surface area contributed by atoms with Gasteiger partial charge in [-0.3, -0.25) is 19.0 Å². The normalized spacial score (nSPS) is 10.1. The van der Waals surface area contributed by atoms with Gasteiger partial charge in [0.25, 0.3) is 11.5 Å². The molecule has 0 aliphatic rings. The van der Waals surface area contributed by atoms with E-state index in [4.69, 9.17) is 0 Å². The Bertz CT molecular complexity index is 1170. The molecular formula is C22H20N4O3. The summed E-state index contributed by atoms with van der Waals surface area (Å²) in [5, 5.41) is 3.13. The lowest BCUT2D eigenvalue weighted by Gasteiger charge is -2.09. The number of carbonyl (C=O) groups is 2. The number of fused-ring (bicyclic) bond motifs is 1. The molecule has 1 N–H and O–H groups in total. The number of carbonyl (C=O) groups excluding carboxylic acids is 2. The number of benzene rings is 2. The van der Waals surface area contributed by atoms with Crippen LogP contribution in [0.25, 0.3) is 10.9 Å². The molecule has 0 fully saturated rings. The quantitative estimate of drug-likeness (QED) is 0.682. The molecule has 0 aliphatic carbocycles. The second-order valence-corrected chi connectivity index (χ2v) is 6.55. The Morgan fingerprint density at radius 2 is 1.83 bits per heavy atom. The van der Waals surface area contributed by atoms with Gasteiger partial charge >= 0.3 is 0 Å². The molecule has 3 rings (SSSR count). The third-order valence-electron chi connectivity index (χ3n) is 4.19. The molecule has 0 bridgehead atoms. The molecule has 29 heavy (non-hydrogen) atoms. The molecule has 1 heterocycles. The lowest BCUT2D eigenvalue weighted by Crippen LogP contribution is -2.32. The summed E-state index contributed by atoms with van der Waals surface area (Å²) in [5.74, 6) is 5.38. The van der Waals surface area contributed by atoms with Crippen LogP contribution >= 0.6 is 0 Å². The number of hydrogen-bond donors (Lipinski definition) is 1. The smallest absolute Gasteiger partial charge is 0.261 e. The fraction of sp³-hybridized carbons (Fsp3) is 0.182. The number of nitrogens with one attached hydrogen (secondary N) is 1. The molecule has 7 nitrogen and oxygen atoms in total. The van der Waals surface area contributed by atoms with E-state index in [0.717, 1.165) is 5.56 Å². The van der Waals surface area contributed by atoms with Crippen LogP contribution in [0.5, 0.6) is 0 Å². The Balaban J connectivity index is 1.57. The first-order valence-corrected chi connectivity index (χ1v) is 8.97. The fourth-order valence-electron chi connectivity index (χ4n) is 2.67.